The normalized spacial score (nSPS) is 15.7. The summed E-state index contributed by atoms with van der Waals surface area (Å²) in [5.41, 5.74) is 2.09. The van der Waals surface area contributed by atoms with E-state index in [1.165, 1.54) is 0 Å². The molecule has 0 bridgehead atoms. The largest absolute Gasteiger partial charge is 0.468 e. The van der Waals surface area contributed by atoms with Crippen molar-refractivity contribution in [3.63, 3.8) is 0 Å². The molecule has 0 atom stereocenters. The molecule has 2 aromatic heterocycles. The fourth-order valence-corrected chi connectivity index (χ4v) is 3.53. The second-order valence-electron chi connectivity index (χ2n) is 6.83. The molecule has 0 spiro atoms. The molecule has 3 heterocycles. The van der Waals surface area contributed by atoms with E-state index in [2.05, 4.69) is 10.1 Å². The van der Waals surface area contributed by atoms with Gasteiger partial charge in [-0.3, -0.25) is 9.69 Å². The summed E-state index contributed by atoms with van der Waals surface area (Å²) in [5.74, 6) is 1.51. The summed E-state index contributed by atoms with van der Waals surface area (Å²) < 4.78 is 10.8. The number of rotatable bonds is 4. The maximum absolute atomic E-state index is 13.2. The summed E-state index contributed by atoms with van der Waals surface area (Å²) >= 11 is 0. The maximum atomic E-state index is 13.2. The number of nitrogens with zero attached hydrogens (tertiary/aromatic N) is 3. The molecule has 0 unspecified atom stereocenters. The van der Waals surface area contributed by atoms with Crippen LogP contribution in [0.4, 0.5) is 0 Å². The number of amides is 1. The van der Waals surface area contributed by atoms with E-state index in [1.54, 1.807) is 13.2 Å². The van der Waals surface area contributed by atoms with Crippen LogP contribution in [0.1, 0.15) is 28.3 Å². The van der Waals surface area contributed by atoms with Gasteiger partial charge in [0, 0.05) is 31.7 Å². The minimum absolute atomic E-state index is 0.00699. The number of hydrogen-bond donors (Lipinski definition) is 0. The zero-order valence-electron chi connectivity index (χ0n) is 15.4. The summed E-state index contributed by atoms with van der Waals surface area (Å²) in [6.07, 6.45) is 2.63. The van der Waals surface area contributed by atoms with Gasteiger partial charge < -0.3 is 13.8 Å². The molecule has 1 fully saturated rings. The van der Waals surface area contributed by atoms with Gasteiger partial charge in [-0.15, -0.1) is 0 Å². The van der Waals surface area contributed by atoms with Crippen LogP contribution in [0.15, 0.2) is 57.7 Å². The summed E-state index contributed by atoms with van der Waals surface area (Å²) in [5, 5.41) is 4.14. The Kier molecular flexibility index (Phi) is 5.07. The smallest absolute Gasteiger partial charge is 0.259 e. The van der Waals surface area contributed by atoms with Crippen molar-refractivity contribution < 1.29 is 13.7 Å². The zero-order chi connectivity index (χ0) is 18.6. The summed E-state index contributed by atoms with van der Waals surface area (Å²) in [4.78, 5) is 17.5. The third kappa shape index (κ3) is 3.80. The van der Waals surface area contributed by atoms with Crippen molar-refractivity contribution in [2.45, 2.75) is 19.9 Å². The monoisotopic (exact) mass is 365 g/mol. The van der Waals surface area contributed by atoms with Crippen molar-refractivity contribution >= 4 is 5.91 Å². The first kappa shape index (κ1) is 17.5. The molecule has 27 heavy (non-hydrogen) atoms. The molecule has 0 radical (unpaired) electrons. The number of aryl methyl sites for hydroxylation is 1. The standard InChI is InChI=1S/C21H23N3O3/c1-16-19(20(22-27-16)17-7-3-2-4-8-17)21(25)24-11-6-10-23(12-13-24)15-18-9-5-14-26-18/h2-5,7-9,14H,6,10-13,15H2,1H3. The Bertz CT molecular complexity index is 887. The first-order valence-corrected chi connectivity index (χ1v) is 9.28. The van der Waals surface area contributed by atoms with Gasteiger partial charge >= 0.3 is 0 Å². The molecule has 3 aromatic rings. The summed E-state index contributed by atoms with van der Waals surface area (Å²) in [6, 6.07) is 13.6. The maximum Gasteiger partial charge on any atom is 0.259 e. The van der Waals surface area contributed by atoms with Gasteiger partial charge in [0.1, 0.15) is 22.8 Å². The molecule has 4 rings (SSSR count). The number of benzene rings is 1. The van der Waals surface area contributed by atoms with Crippen molar-refractivity contribution in [1.82, 2.24) is 15.0 Å². The average molecular weight is 365 g/mol. The van der Waals surface area contributed by atoms with Crippen LogP contribution in [0.5, 0.6) is 0 Å². The van der Waals surface area contributed by atoms with Gasteiger partial charge in [-0.1, -0.05) is 35.5 Å². The highest BCUT2D eigenvalue weighted by Gasteiger charge is 2.27. The van der Waals surface area contributed by atoms with Gasteiger partial charge in [-0.25, -0.2) is 0 Å². The van der Waals surface area contributed by atoms with E-state index < -0.39 is 0 Å². The molecule has 0 aliphatic carbocycles. The Balaban J connectivity index is 1.50. The fourth-order valence-electron chi connectivity index (χ4n) is 3.53. The predicted octanol–water partition coefficient (Wildman–Crippen LogP) is 3.59. The van der Waals surface area contributed by atoms with E-state index in [1.807, 2.05) is 47.4 Å². The number of hydrogen-bond acceptors (Lipinski definition) is 5. The van der Waals surface area contributed by atoms with Gasteiger partial charge in [0.15, 0.2) is 0 Å². The Labute approximate surface area is 158 Å². The van der Waals surface area contributed by atoms with Crippen LogP contribution in [-0.4, -0.2) is 47.0 Å². The lowest BCUT2D eigenvalue weighted by molar-refractivity contribution is 0.0759. The summed E-state index contributed by atoms with van der Waals surface area (Å²) in [6.45, 7) is 5.74. The fraction of sp³-hybridized carbons (Fsp3) is 0.333. The van der Waals surface area contributed by atoms with Crippen molar-refractivity contribution in [3.8, 4) is 11.3 Å². The lowest BCUT2D eigenvalue weighted by Crippen LogP contribution is -2.35. The van der Waals surface area contributed by atoms with E-state index in [0.717, 1.165) is 43.9 Å². The van der Waals surface area contributed by atoms with Crippen LogP contribution < -0.4 is 0 Å². The molecule has 1 aromatic carbocycles. The lowest BCUT2D eigenvalue weighted by atomic mass is 10.1. The predicted molar refractivity (Wildman–Crippen MR) is 101 cm³/mol. The van der Waals surface area contributed by atoms with Crippen LogP contribution >= 0.6 is 0 Å². The highest BCUT2D eigenvalue weighted by molar-refractivity contribution is 6.00. The van der Waals surface area contributed by atoms with Crippen LogP contribution in [0.3, 0.4) is 0 Å². The molecule has 1 saturated heterocycles. The van der Waals surface area contributed by atoms with Crippen LogP contribution in [0.2, 0.25) is 0 Å². The number of carbonyl (C=O) groups excluding carboxylic acids is 1. The number of aromatic nitrogens is 1. The van der Waals surface area contributed by atoms with Crippen molar-refractivity contribution in [2.24, 2.45) is 0 Å². The lowest BCUT2D eigenvalue weighted by Gasteiger charge is -2.21. The SMILES string of the molecule is Cc1onc(-c2ccccc2)c1C(=O)N1CCCN(Cc2ccco2)CC1. The van der Waals surface area contributed by atoms with Gasteiger partial charge in [0.25, 0.3) is 5.91 Å². The minimum atomic E-state index is -0.00699. The quantitative estimate of drug-likeness (QED) is 0.707. The van der Waals surface area contributed by atoms with Crippen molar-refractivity contribution in [3.05, 3.63) is 65.8 Å². The van der Waals surface area contributed by atoms with E-state index >= 15 is 0 Å². The Morgan fingerprint density at radius 2 is 1.93 bits per heavy atom. The molecule has 1 amide bonds. The van der Waals surface area contributed by atoms with E-state index in [9.17, 15) is 4.79 Å². The Hall–Kier alpha value is -2.86. The molecule has 6 nitrogen and oxygen atoms in total. The zero-order valence-corrected chi connectivity index (χ0v) is 15.4. The summed E-state index contributed by atoms with van der Waals surface area (Å²) in [7, 11) is 0. The van der Waals surface area contributed by atoms with Gasteiger partial charge in [0.2, 0.25) is 0 Å². The Morgan fingerprint density at radius 1 is 1.07 bits per heavy atom. The van der Waals surface area contributed by atoms with Crippen LogP contribution in [0, 0.1) is 6.92 Å². The first-order chi connectivity index (χ1) is 13.2. The molecular weight excluding hydrogens is 342 g/mol. The molecule has 0 N–H and O–H groups in total. The molecule has 6 heteroatoms. The highest BCUT2D eigenvalue weighted by Crippen LogP contribution is 2.26. The van der Waals surface area contributed by atoms with Crippen molar-refractivity contribution in [2.75, 3.05) is 26.2 Å². The van der Waals surface area contributed by atoms with E-state index in [-0.39, 0.29) is 5.91 Å². The topological polar surface area (TPSA) is 62.7 Å². The first-order valence-electron chi connectivity index (χ1n) is 9.28. The second-order valence-corrected chi connectivity index (χ2v) is 6.83. The molecule has 1 aliphatic heterocycles. The molecule has 0 saturated carbocycles. The van der Waals surface area contributed by atoms with Crippen molar-refractivity contribution in [1.29, 1.82) is 0 Å². The van der Waals surface area contributed by atoms with E-state index in [0.29, 0.717) is 23.6 Å². The van der Waals surface area contributed by atoms with Gasteiger partial charge in [-0.05, 0) is 25.5 Å². The average Bonchev–Trinajstić information content (AvgIpc) is 3.27. The van der Waals surface area contributed by atoms with Crippen LogP contribution in [0.25, 0.3) is 11.3 Å². The third-order valence-corrected chi connectivity index (χ3v) is 4.96. The Morgan fingerprint density at radius 3 is 2.70 bits per heavy atom. The number of furan rings is 1. The molecule has 1 aliphatic rings. The van der Waals surface area contributed by atoms with Gasteiger partial charge in [0.05, 0.1) is 12.8 Å². The van der Waals surface area contributed by atoms with Crippen LogP contribution in [-0.2, 0) is 6.54 Å². The second kappa shape index (κ2) is 7.80. The molecular formula is C21H23N3O3. The third-order valence-electron chi connectivity index (χ3n) is 4.96. The van der Waals surface area contributed by atoms with E-state index in [4.69, 9.17) is 8.94 Å². The number of carbonyl (C=O) groups is 1. The highest BCUT2D eigenvalue weighted by atomic mass is 16.5. The minimum Gasteiger partial charge on any atom is -0.468 e. The molecule has 140 valence electrons. The van der Waals surface area contributed by atoms with Gasteiger partial charge in [-0.2, -0.15) is 0 Å².